The van der Waals surface area contributed by atoms with Gasteiger partial charge in [0.2, 0.25) is 0 Å². The van der Waals surface area contributed by atoms with Gasteiger partial charge in [-0.25, -0.2) is 0 Å². The molecule has 0 aromatic carbocycles. The van der Waals surface area contributed by atoms with Crippen molar-refractivity contribution >= 4 is 0 Å². The van der Waals surface area contributed by atoms with E-state index in [0.29, 0.717) is 6.54 Å². The fraction of sp³-hybridized carbons (Fsp3) is 0.857. The van der Waals surface area contributed by atoms with Crippen LogP contribution in [0.5, 0.6) is 0 Å². The standard InChI is InChI=1S/C14H27N3/c1-4-9-17-10-6-7-14(12-15,8-11-17)16-13(3)5-2/h2,13,16H,4,6-12,15H2,1,3H3. The highest BCUT2D eigenvalue weighted by molar-refractivity contribution is 5.02. The fourth-order valence-corrected chi connectivity index (χ4v) is 2.70. The third-order valence-electron chi connectivity index (χ3n) is 3.74. The van der Waals surface area contributed by atoms with Crippen LogP contribution >= 0.6 is 0 Å². The van der Waals surface area contributed by atoms with Gasteiger partial charge in [-0.3, -0.25) is 5.32 Å². The molecule has 0 amide bonds. The van der Waals surface area contributed by atoms with Crippen molar-refractivity contribution in [2.45, 2.75) is 51.1 Å². The number of hydrogen-bond donors (Lipinski definition) is 2. The highest BCUT2D eigenvalue weighted by Crippen LogP contribution is 2.22. The molecule has 0 saturated carbocycles. The minimum atomic E-state index is 0.0499. The van der Waals surface area contributed by atoms with E-state index in [9.17, 15) is 0 Å². The molecule has 1 saturated heterocycles. The Hall–Kier alpha value is -0.560. The summed E-state index contributed by atoms with van der Waals surface area (Å²) in [5.41, 5.74) is 6.03. The molecule has 2 atom stereocenters. The van der Waals surface area contributed by atoms with Gasteiger partial charge in [0.15, 0.2) is 0 Å². The lowest BCUT2D eigenvalue weighted by Gasteiger charge is -2.34. The number of terminal acetylenes is 1. The van der Waals surface area contributed by atoms with E-state index in [1.165, 1.54) is 25.9 Å². The van der Waals surface area contributed by atoms with Crippen LogP contribution < -0.4 is 11.1 Å². The van der Waals surface area contributed by atoms with Gasteiger partial charge in [0.25, 0.3) is 0 Å². The average Bonchev–Trinajstić information content (AvgIpc) is 2.53. The van der Waals surface area contributed by atoms with Crippen molar-refractivity contribution in [1.29, 1.82) is 0 Å². The molecule has 3 N–H and O–H groups in total. The molecule has 0 spiro atoms. The first kappa shape index (κ1) is 14.5. The van der Waals surface area contributed by atoms with Gasteiger partial charge in [-0.15, -0.1) is 6.42 Å². The van der Waals surface area contributed by atoms with Crippen LogP contribution in [0.4, 0.5) is 0 Å². The molecule has 0 aromatic rings. The highest BCUT2D eigenvalue weighted by Gasteiger charge is 2.31. The third kappa shape index (κ3) is 4.31. The van der Waals surface area contributed by atoms with Crippen molar-refractivity contribution in [3.8, 4) is 12.3 Å². The van der Waals surface area contributed by atoms with Crippen molar-refractivity contribution in [3.63, 3.8) is 0 Å². The van der Waals surface area contributed by atoms with Gasteiger partial charge in [-0.05, 0) is 52.2 Å². The summed E-state index contributed by atoms with van der Waals surface area (Å²) in [6.07, 6.45) is 10.1. The molecule has 1 aliphatic rings. The van der Waals surface area contributed by atoms with Crippen molar-refractivity contribution in [1.82, 2.24) is 10.2 Å². The monoisotopic (exact) mass is 237 g/mol. The molecule has 0 aliphatic carbocycles. The molecule has 3 nitrogen and oxygen atoms in total. The zero-order chi connectivity index (χ0) is 12.7. The van der Waals surface area contributed by atoms with Gasteiger partial charge < -0.3 is 10.6 Å². The molecule has 2 unspecified atom stereocenters. The molecular weight excluding hydrogens is 210 g/mol. The van der Waals surface area contributed by atoms with E-state index < -0.39 is 0 Å². The van der Waals surface area contributed by atoms with Crippen LogP contribution in [-0.4, -0.2) is 42.7 Å². The maximum atomic E-state index is 5.98. The number of nitrogens with one attached hydrogen (secondary N) is 1. The number of likely N-dealkylation sites (tertiary alicyclic amines) is 1. The van der Waals surface area contributed by atoms with Gasteiger partial charge in [-0.1, -0.05) is 12.8 Å². The van der Waals surface area contributed by atoms with Gasteiger partial charge in [-0.2, -0.15) is 0 Å². The fourth-order valence-electron chi connectivity index (χ4n) is 2.70. The highest BCUT2D eigenvalue weighted by atomic mass is 15.1. The van der Waals surface area contributed by atoms with Crippen LogP contribution in [0.3, 0.4) is 0 Å². The Morgan fingerprint density at radius 2 is 2.24 bits per heavy atom. The van der Waals surface area contributed by atoms with Crippen LogP contribution in [0.15, 0.2) is 0 Å². The Morgan fingerprint density at radius 3 is 2.82 bits per heavy atom. The van der Waals surface area contributed by atoms with E-state index in [2.05, 4.69) is 23.1 Å². The summed E-state index contributed by atoms with van der Waals surface area (Å²) in [5.74, 6) is 2.75. The lowest BCUT2D eigenvalue weighted by molar-refractivity contribution is 0.254. The van der Waals surface area contributed by atoms with Crippen LogP contribution in [0.1, 0.15) is 39.5 Å². The summed E-state index contributed by atoms with van der Waals surface area (Å²) < 4.78 is 0. The van der Waals surface area contributed by atoms with Crippen molar-refractivity contribution in [2.75, 3.05) is 26.2 Å². The summed E-state index contributed by atoms with van der Waals surface area (Å²) in [6, 6.07) is 0.108. The quantitative estimate of drug-likeness (QED) is 0.706. The average molecular weight is 237 g/mol. The molecule has 98 valence electrons. The lowest BCUT2D eigenvalue weighted by Crippen LogP contribution is -2.54. The van der Waals surface area contributed by atoms with Gasteiger partial charge in [0, 0.05) is 12.1 Å². The Balaban J connectivity index is 2.58. The first-order chi connectivity index (χ1) is 8.15. The number of nitrogens with two attached hydrogens (primary N) is 1. The van der Waals surface area contributed by atoms with Crippen LogP contribution in [0, 0.1) is 12.3 Å². The molecule has 17 heavy (non-hydrogen) atoms. The topological polar surface area (TPSA) is 41.3 Å². The second-order valence-corrected chi connectivity index (χ2v) is 5.21. The minimum absolute atomic E-state index is 0.0499. The maximum absolute atomic E-state index is 5.98. The van der Waals surface area contributed by atoms with E-state index in [0.717, 1.165) is 19.4 Å². The molecule has 1 rings (SSSR count). The molecule has 0 aromatic heterocycles. The van der Waals surface area contributed by atoms with Gasteiger partial charge >= 0.3 is 0 Å². The van der Waals surface area contributed by atoms with E-state index >= 15 is 0 Å². The van der Waals surface area contributed by atoms with Crippen LogP contribution in [-0.2, 0) is 0 Å². The summed E-state index contributed by atoms with van der Waals surface area (Å²) in [4.78, 5) is 2.54. The molecule has 3 heteroatoms. The molecular formula is C14H27N3. The van der Waals surface area contributed by atoms with Crippen molar-refractivity contribution in [3.05, 3.63) is 0 Å². The lowest BCUT2D eigenvalue weighted by atomic mass is 9.89. The molecule has 0 bridgehead atoms. The third-order valence-corrected chi connectivity index (χ3v) is 3.74. The number of rotatable bonds is 5. The maximum Gasteiger partial charge on any atom is 0.0663 e. The van der Waals surface area contributed by atoms with Crippen molar-refractivity contribution < 1.29 is 0 Å². The van der Waals surface area contributed by atoms with E-state index in [4.69, 9.17) is 12.2 Å². The Labute approximate surface area is 106 Å². The second kappa shape index (κ2) is 7.00. The predicted molar refractivity (Wildman–Crippen MR) is 73.8 cm³/mol. The molecule has 0 radical (unpaired) electrons. The Bertz CT molecular complexity index is 259. The normalized spacial score (nSPS) is 28.4. The van der Waals surface area contributed by atoms with E-state index in [1.807, 2.05) is 6.92 Å². The zero-order valence-corrected chi connectivity index (χ0v) is 11.3. The zero-order valence-electron chi connectivity index (χ0n) is 11.3. The SMILES string of the molecule is C#CC(C)NC1(CN)CCCN(CCC)CC1. The predicted octanol–water partition coefficient (Wildman–Crippen LogP) is 1.19. The Kier molecular flexibility index (Phi) is 5.97. The largest absolute Gasteiger partial charge is 0.329 e. The minimum Gasteiger partial charge on any atom is -0.329 e. The van der Waals surface area contributed by atoms with Crippen LogP contribution in [0.25, 0.3) is 0 Å². The molecule has 1 fully saturated rings. The summed E-state index contributed by atoms with van der Waals surface area (Å²) >= 11 is 0. The van der Waals surface area contributed by atoms with Gasteiger partial charge in [0.1, 0.15) is 0 Å². The van der Waals surface area contributed by atoms with Crippen molar-refractivity contribution in [2.24, 2.45) is 5.73 Å². The van der Waals surface area contributed by atoms with Crippen LogP contribution in [0.2, 0.25) is 0 Å². The van der Waals surface area contributed by atoms with E-state index in [1.54, 1.807) is 0 Å². The molecule has 1 heterocycles. The summed E-state index contributed by atoms with van der Waals surface area (Å²) in [6.45, 7) is 8.48. The van der Waals surface area contributed by atoms with E-state index in [-0.39, 0.29) is 11.6 Å². The number of hydrogen-bond acceptors (Lipinski definition) is 3. The second-order valence-electron chi connectivity index (χ2n) is 5.21. The first-order valence-corrected chi connectivity index (χ1v) is 6.82. The number of nitrogens with zero attached hydrogens (tertiary/aromatic N) is 1. The Morgan fingerprint density at radius 1 is 1.47 bits per heavy atom. The summed E-state index contributed by atoms with van der Waals surface area (Å²) in [5, 5.41) is 3.55. The molecule has 1 aliphatic heterocycles. The first-order valence-electron chi connectivity index (χ1n) is 6.82. The summed E-state index contributed by atoms with van der Waals surface area (Å²) in [7, 11) is 0. The van der Waals surface area contributed by atoms with Gasteiger partial charge in [0.05, 0.1) is 6.04 Å². The smallest absolute Gasteiger partial charge is 0.0663 e.